The van der Waals surface area contributed by atoms with Crippen LogP contribution in [0.25, 0.3) is 10.9 Å². The number of nitro groups is 1. The fraction of sp³-hybridized carbons (Fsp3) is 0.348. The van der Waals surface area contributed by atoms with Gasteiger partial charge in [0.15, 0.2) is 0 Å². The molecule has 0 radical (unpaired) electrons. The fourth-order valence-corrected chi connectivity index (χ4v) is 3.89. The Labute approximate surface area is 193 Å². The maximum Gasteiger partial charge on any atom is 0.422 e. The van der Waals surface area contributed by atoms with E-state index in [1.165, 1.54) is 27.8 Å². The summed E-state index contributed by atoms with van der Waals surface area (Å²) >= 11 is 0. The third-order valence-electron chi connectivity index (χ3n) is 5.73. The quantitative estimate of drug-likeness (QED) is 0.334. The van der Waals surface area contributed by atoms with Crippen molar-refractivity contribution in [2.24, 2.45) is 0 Å². The summed E-state index contributed by atoms with van der Waals surface area (Å²) in [6, 6.07) is 12.3. The molecule has 1 heterocycles. The molecule has 0 fully saturated rings. The summed E-state index contributed by atoms with van der Waals surface area (Å²) < 4.78 is 44.5. The number of nitrogens with zero attached hydrogens (tertiary/aromatic N) is 3. The van der Waals surface area contributed by atoms with Crippen molar-refractivity contribution < 1.29 is 33.1 Å². The minimum Gasteiger partial charge on any atom is -0.481 e. The number of hydrogen-bond acceptors (Lipinski definition) is 5. The van der Waals surface area contributed by atoms with Crippen molar-refractivity contribution in [1.29, 1.82) is 0 Å². The molecule has 1 atom stereocenters. The predicted octanol–water partition coefficient (Wildman–Crippen LogP) is 4.14. The molecule has 3 rings (SSSR count). The van der Waals surface area contributed by atoms with Crippen LogP contribution < -0.4 is 0 Å². The summed E-state index contributed by atoms with van der Waals surface area (Å²) in [5.41, 5.74) is -3.15. The Balaban J connectivity index is 2.17. The van der Waals surface area contributed by atoms with Crippen molar-refractivity contribution in [3.8, 4) is 0 Å². The molecule has 11 heteroatoms. The maximum atomic E-state index is 14.3. The summed E-state index contributed by atoms with van der Waals surface area (Å²) in [6.45, 7) is 0.712. The first-order chi connectivity index (χ1) is 16.0. The van der Waals surface area contributed by atoms with Gasteiger partial charge in [-0.25, -0.2) is 0 Å². The van der Waals surface area contributed by atoms with Crippen LogP contribution in [0.1, 0.15) is 24.5 Å². The highest BCUT2D eigenvalue weighted by molar-refractivity contribution is 5.87. The van der Waals surface area contributed by atoms with E-state index in [1.807, 2.05) is 0 Å². The Bertz CT molecular complexity index is 1180. The topological polar surface area (TPSA) is 109 Å². The number of halogens is 3. The SMILES string of the molecule is CCN(CCC(=O)O)CC(O)(c1cn(Cc2ccccc2)c2cc([N+](=O)[O-])ccc12)C(F)(F)F. The van der Waals surface area contributed by atoms with Crippen LogP contribution in [-0.4, -0.2) is 56.4 Å². The van der Waals surface area contributed by atoms with E-state index in [0.717, 1.165) is 11.6 Å². The molecule has 0 aliphatic heterocycles. The van der Waals surface area contributed by atoms with E-state index in [4.69, 9.17) is 5.11 Å². The van der Waals surface area contributed by atoms with Crippen LogP contribution in [0, 0.1) is 10.1 Å². The van der Waals surface area contributed by atoms with Crippen molar-refractivity contribution >= 4 is 22.6 Å². The number of aliphatic carboxylic acids is 1. The van der Waals surface area contributed by atoms with Gasteiger partial charge in [0.05, 0.1) is 16.9 Å². The molecule has 3 aromatic rings. The Morgan fingerprint density at radius 3 is 2.41 bits per heavy atom. The average Bonchev–Trinajstić information content (AvgIpc) is 3.14. The molecular weight excluding hydrogens is 455 g/mol. The summed E-state index contributed by atoms with van der Waals surface area (Å²) in [5, 5.41) is 31.3. The van der Waals surface area contributed by atoms with Gasteiger partial charge in [-0.05, 0) is 18.2 Å². The number of nitro benzene ring substituents is 1. The number of alkyl halides is 3. The molecular formula is C23H24F3N3O5. The standard InChI is InChI=1S/C23H24F3N3O5/c1-2-27(11-10-21(30)31)15-22(32,23(24,25)26)19-14-28(13-16-6-4-3-5-7-16)20-12-17(29(33)34)8-9-18(19)20/h3-9,12,14,32H,2,10-11,13,15H2,1H3,(H,30,31). The molecule has 0 amide bonds. The highest BCUT2D eigenvalue weighted by Crippen LogP contribution is 2.44. The largest absolute Gasteiger partial charge is 0.481 e. The van der Waals surface area contributed by atoms with E-state index < -0.39 is 34.8 Å². The zero-order valence-corrected chi connectivity index (χ0v) is 18.3. The molecule has 0 saturated heterocycles. The van der Waals surface area contributed by atoms with Crippen molar-refractivity contribution in [1.82, 2.24) is 9.47 Å². The summed E-state index contributed by atoms with van der Waals surface area (Å²) in [6.07, 6.45) is -4.32. The molecule has 2 aromatic carbocycles. The lowest BCUT2D eigenvalue weighted by molar-refractivity contribution is -0.384. The molecule has 0 aliphatic carbocycles. The van der Waals surface area contributed by atoms with Gasteiger partial charge in [0.2, 0.25) is 5.60 Å². The van der Waals surface area contributed by atoms with Crippen molar-refractivity contribution in [2.45, 2.75) is 31.7 Å². The lowest BCUT2D eigenvalue weighted by atomic mass is 9.91. The molecule has 182 valence electrons. The number of aliphatic hydroxyl groups is 1. The van der Waals surface area contributed by atoms with E-state index in [-0.39, 0.29) is 42.6 Å². The van der Waals surface area contributed by atoms with Crippen molar-refractivity contribution in [3.63, 3.8) is 0 Å². The Hall–Kier alpha value is -3.44. The van der Waals surface area contributed by atoms with Gasteiger partial charge in [0, 0.05) is 48.9 Å². The van der Waals surface area contributed by atoms with E-state index in [9.17, 15) is 33.2 Å². The van der Waals surface area contributed by atoms with Crippen LogP contribution in [0.5, 0.6) is 0 Å². The number of non-ortho nitro benzene ring substituents is 1. The second-order valence-corrected chi connectivity index (χ2v) is 7.99. The minimum atomic E-state index is -5.10. The summed E-state index contributed by atoms with van der Waals surface area (Å²) in [4.78, 5) is 22.8. The Morgan fingerprint density at radius 2 is 1.85 bits per heavy atom. The molecule has 0 saturated carbocycles. The van der Waals surface area contributed by atoms with Gasteiger partial charge in [-0.1, -0.05) is 37.3 Å². The molecule has 1 aromatic heterocycles. The van der Waals surface area contributed by atoms with Crippen molar-refractivity contribution in [3.05, 3.63) is 76.0 Å². The van der Waals surface area contributed by atoms with E-state index in [0.29, 0.717) is 0 Å². The number of benzene rings is 2. The molecule has 0 aliphatic rings. The Morgan fingerprint density at radius 1 is 1.18 bits per heavy atom. The van der Waals surface area contributed by atoms with Gasteiger partial charge in [-0.15, -0.1) is 0 Å². The predicted molar refractivity (Wildman–Crippen MR) is 118 cm³/mol. The van der Waals surface area contributed by atoms with Crippen LogP contribution in [0.15, 0.2) is 54.7 Å². The molecule has 0 spiro atoms. The van der Waals surface area contributed by atoms with Gasteiger partial charge in [-0.3, -0.25) is 19.8 Å². The first-order valence-corrected chi connectivity index (χ1v) is 10.5. The molecule has 8 nitrogen and oxygen atoms in total. The fourth-order valence-electron chi connectivity index (χ4n) is 3.89. The van der Waals surface area contributed by atoms with E-state index in [2.05, 4.69) is 0 Å². The normalized spacial score (nSPS) is 13.8. The first-order valence-electron chi connectivity index (χ1n) is 10.5. The number of carbonyl (C=O) groups is 1. The van der Waals surface area contributed by atoms with Gasteiger partial charge < -0.3 is 14.8 Å². The van der Waals surface area contributed by atoms with Crippen LogP contribution in [-0.2, 0) is 16.9 Å². The van der Waals surface area contributed by atoms with Gasteiger partial charge in [0.25, 0.3) is 5.69 Å². The smallest absolute Gasteiger partial charge is 0.422 e. The van der Waals surface area contributed by atoms with E-state index in [1.54, 1.807) is 37.3 Å². The van der Waals surface area contributed by atoms with Crippen LogP contribution in [0.3, 0.4) is 0 Å². The second kappa shape index (κ2) is 9.82. The van der Waals surface area contributed by atoms with Gasteiger partial charge in [0.1, 0.15) is 0 Å². The zero-order chi connectivity index (χ0) is 25.1. The van der Waals surface area contributed by atoms with Crippen molar-refractivity contribution in [2.75, 3.05) is 19.6 Å². The number of fused-ring (bicyclic) bond motifs is 1. The van der Waals surface area contributed by atoms with Crippen LogP contribution >= 0.6 is 0 Å². The third-order valence-corrected chi connectivity index (χ3v) is 5.73. The number of rotatable bonds is 10. The number of carboxylic acid groups (broad SMARTS) is 1. The maximum absolute atomic E-state index is 14.3. The second-order valence-electron chi connectivity index (χ2n) is 7.99. The minimum absolute atomic E-state index is 0.0237. The number of likely N-dealkylation sites (N-methyl/N-ethyl adjacent to an activating group) is 1. The monoisotopic (exact) mass is 479 g/mol. The number of hydrogen-bond donors (Lipinski definition) is 2. The number of carboxylic acids is 1. The zero-order valence-electron chi connectivity index (χ0n) is 18.3. The highest BCUT2D eigenvalue weighted by Gasteiger charge is 2.56. The first kappa shape index (κ1) is 25.2. The lowest BCUT2D eigenvalue weighted by Gasteiger charge is -2.35. The summed E-state index contributed by atoms with van der Waals surface area (Å²) in [5.74, 6) is -1.17. The average molecular weight is 479 g/mol. The van der Waals surface area contributed by atoms with Gasteiger partial charge >= 0.3 is 12.1 Å². The van der Waals surface area contributed by atoms with Gasteiger partial charge in [-0.2, -0.15) is 13.2 Å². The summed E-state index contributed by atoms with van der Waals surface area (Å²) in [7, 11) is 0. The third kappa shape index (κ3) is 5.20. The van der Waals surface area contributed by atoms with Crippen LogP contribution in [0.2, 0.25) is 0 Å². The highest BCUT2D eigenvalue weighted by atomic mass is 19.4. The Kier molecular flexibility index (Phi) is 7.27. The van der Waals surface area contributed by atoms with E-state index >= 15 is 0 Å². The molecule has 0 bridgehead atoms. The van der Waals surface area contributed by atoms with Crippen LogP contribution in [0.4, 0.5) is 18.9 Å². The molecule has 34 heavy (non-hydrogen) atoms. The molecule has 2 N–H and O–H groups in total. The number of aromatic nitrogens is 1. The molecule has 1 unspecified atom stereocenters. The lowest BCUT2D eigenvalue weighted by Crippen LogP contribution is -2.51.